The highest BCUT2D eigenvalue weighted by Crippen LogP contribution is 2.21. The Kier molecular flexibility index (Phi) is 8.78. The third kappa shape index (κ3) is 6.99. The van der Waals surface area contributed by atoms with Crippen molar-refractivity contribution in [3.63, 3.8) is 0 Å². The topological polar surface area (TPSA) is 33.7 Å². The van der Waals surface area contributed by atoms with Crippen molar-refractivity contribution < 1.29 is 9.47 Å². The first-order valence-corrected chi connectivity index (χ1v) is 6.35. The van der Waals surface area contributed by atoms with Crippen molar-refractivity contribution in [1.82, 2.24) is 10.2 Å². The van der Waals surface area contributed by atoms with Crippen LogP contribution in [0.25, 0.3) is 0 Å². The predicted octanol–water partition coefficient (Wildman–Crippen LogP) is 1.22. The minimum Gasteiger partial charge on any atom is -0.383 e. The molecule has 0 spiro atoms. The van der Waals surface area contributed by atoms with Crippen LogP contribution in [0.2, 0.25) is 0 Å². The van der Waals surface area contributed by atoms with E-state index in [9.17, 15) is 0 Å². The van der Waals surface area contributed by atoms with Gasteiger partial charge in [0.05, 0.1) is 13.2 Å². The fourth-order valence-corrected chi connectivity index (χ4v) is 1.81. The number of methoxy groups -OCH3 is 2. The summed E-state index contributed by atoms with van der Waals surface area (Å²) in [7, 11) is 5.51. The molecule has 4 nitrogen and oxygen atoms in total. The third-order valence-electron chi connectivity index (χ3n) is 3.46. The molecule has 0 heterocycles. The van der Waals surface area contributed by atoms with Crippen molar-refractivity contribution in [2.75, 3.05) is 54.1 Å². The van der Waals surface area contributed by atoms with Crippen molar-refractivity contribution in [2.24, 2.45) is 5.41 Å². The summed E-state index contributed by atoms with van der Waals surface area (Å²) in [4.78, 5) is 2.40. The van der Waals surface area contributed by atoms with Gasteiger partial charge in [0.25, 0.3) is 0 Å². The summed E-state index contributed by atoms with van der Waals surface area (Å²) >= 11 is 0. The van der Waals surface area contributed by atoms with E-state index in [4.69, 9.17) is 9.47 Å². The van der Waals surface area contributed by atoms with Gasteiger partial charge in [-0.25, -0.2) is 0 Å². The Labute approximate surface area is 107 Å². The fourth-order valence-electron chi connectivity index (χ4n) is 1.81. The maximum absolute atomic E-state index is 5.16. The lowest BCUT2D eigenvalue weighted by atomic mass is 9.85. The minimum atomic E-state index is 0.232. The Hall–Kier alpha value is -0.160. The van der Waals surface area contributed by atoms with Gasteiger partial charge >= 0.3 is 0 Å². The van der Waals surface area contributed by atoms with Gasteiger partial charge in [-0.3, -0.25) is 4.90 Å². The zero-order valence-corrected chi connectivity index (χ0v) is 12.4. The van der Waals surface area contributed by atoms with Crippen molar-refractivity contribution in [3.8, 4) is 0 Å². The van der Waals surface area contributed by atoms with Gasteiger partial charge in [-0.15, -0.1) is 0 Å². The van der Waals surface area contributed by atoms with Gasteiger partial charge in [0.1, 0.15) is 0 Å². The number of nitrogens with one attached hydrogen (secondary N) is 1. The van der Waals surface area contributed by atoms with Crippen molar-refractivity contribution in [2.45, 2.75) is 26.8 Å². The molecule has 1 N–H and O–H groups in total. The van der Waals surface area contributed by atoms with Gasteiger partial charge in [0, 0.05) is 39.9 Å². The Morgan fingerprint density at radius 1 is 1.12 bits per heavy atom. The molecule has 0 aromatic rings. The third-order valence-corrected chi connectivity index (χ3v) is 3.46. The number of rotatable bonds is 10. The maximum atomic E-state index is 5.16. The standard InChI is InChI=1S/C13H30N2O2/c1-12(14-4)13(2,3)11-15(7-9-16-5)8-10-17-6/h12,14H,7-11H2,1-6H3. The molecule has 17 heavy (non-hydrogen) atoms. The highest BCUT2D eigenvalue weighted by molar-refractivity contribution is 4.83. The van der Waals surface area contributed by atoms with Crippen LogP contribution in [-0.2, 0) is 9.47 Å². The van der Waals surface area contributed by atoms with Crippen LogP contribution < -0.4 is 5.32 Å². The summed E-state index contributed by atoms with van der Waals surface area (Å²) in [5.41, 5.74) is 0.232. The highest BCUT2D eigenvalue weighted by atomic mass is 16.5. The van der Waals surface area contributed by atoms with E-state index in [0.717, 1.165) is 32.8 Å². The zero-order chi connectivity index (χ0) is 13.3. The SMILES string of the molecule is CNC(C)C(C)(C)CN(CCOC)CCOC. The van der Waals surface area contributed by atoms with Gasteiger partial charge < -0.3 is 14.8 Å². The van der Waals surface area contributed by atoms with E-state index in [-0.39, 0.29) is 5.41 Å². The second-order valence-electron chi connectivity index (χ2n) is 5.26. The molecule has 0 aromatic heterocycles. The summed E-state index contributed by atoms with van der Waals surface area (Å²) in [6, 6.07) is 0.482. The number of ether oxygens (including phenoxy) is 2. The summed E-state index contributed by atoms with van der Waals surface area (Å²) in [5.74, 6) is 0. The van der Waals surface area contributed by atoms with E-state index in [1.54, 1.807) is 14.2 Å². The van der Waals surface area contributed by atoms with Gasteiger partial charge in [0.2, 0.25) is 0 Å². The molecule has 0 radical (unpaired) electrons. The van der Waals surface area contributed by atoms with Crippen LogP contribution in [0, 0.1) is 5.41 Å². The monoisotopic (exact) mass is 246 g/mol. The van der Waals surface area contributed by atoms with Crippen LogP contribution in [0.4, 0.5) is 0 Å². The van der Waals surface area contributed by atoms with Crippen molar-refractivity contribution >= 4 is 0 Å². The number of nitrogens with zero attached hydrogens (tertiary/aromatic N) is 1. The largest absolute Gasteiger partial charge is 0.383 e. The Morgan fingerprint density at radius 3 is 1.94 bits per heavy atom. The molecule has 0 rings (SSSR count). The molecule has 0 fully saturated rings. The first-order chi connectivity index (χ1) is 7.97. The normalized spacial score (nSPS) is 14.3. The van der Waals surface area contributed by atoms with Crippen LogP contribution in [0.3, 0.4) is 0 Å². The van der Waals surface area contributed by atoms with Crippen molar-refractivity contribution in [3.05, 3.63) is 0 Å². The lowest BCUT2D eigenvalue weighted by Gasteiger charge is -2.37. The number of hydrogen-bond acceptors (Lipinski definition) is 4. The van der Waals surface area contributed by atoms with Gasteiger partial charge in [0.15, 0.2) is 0 Å². The lowest BCUT2D eigenvalue weighted by Crippen LogP contribution is -2.47. The highest BCUT2D eigenvalue weighted by Gasteiger charge is 2.27. The summed E-state index contributed by atoms with van der Waals surface area (Å²) < 4.78 is 10.3. The van der Waals surface area contributed by atoms with Crippen LogP contribution in [0.5, 0.6) is 0 Å². The first kappa shape index (κ1) is 16.8. The molecule has 0 aromatic carbocycles. The second kappa shape index (κ2) is 8.86. The average Bonchev–Trinajstić information content (AvgIpc) is 2.31. The lowest BCUT2D eigenvalue weighted by molar-refractivity contribution is 0.0791. The summed E-state index contributed by atoms with van der Waals surface area (Å²) in [5, 5.41) is 3.33. The molecule has 1 atom stereocenters. The molecule has 4 heteroatoms. The van der Waals surface area contributed by atoms with E-state index in [0.29, 0.717) is 6.04 Å². The van der Waals surface area contributed by atoms with E-state index in [1.807, 2.05) is 7.05 Å². The summed E-state index contributed by atoms with van der Waals surface area (Å²) in [6.45, 7) is 11.3. The molecule has 0 saturated carbocycles. The van der Waals surface area contributed by atoms with Crippen LogP contribution in [-0.4, -0.2) is 65.1 Å². The van der Waals surface area contributed by atoms with Crippen LogP contribution >= 0.6 is 0 Å². The molecule has 0 bridgehead atoms. The van der Waals surface area contributed by atoms with E-state index in [1.165, 1.54) is 0 Å². The quantitative estimate of drug-likeness (QED) is 0.628. The molecule has 0 aliphatic heterocycles. The molecular weight excluding hydrogens is 216 g/mol. The van der Waals surface area contributed by atoms with E-state index >= 15 is 0 Å². The second-order valence-corrected chi connectivity index (χ2v) is 5.26. The molecule has 0 saturated heterocycles. The Balaban J connectivity index is 4.27. The molecular formula is C13H30N2O2. The van der Waals surface area contributed by atoms with Gasteiger partial charge in [-0.2, -0.15) is 0 Å². The fraction of sp³-hybridized carbons (Fsp3) is 1.00. The minimum absolute atomic E-state index is 0.232. The Morgan fingerprint density at radius 2 is 1.59 bits per heavy atom. The zero-order valence-electron chi connectivity index (χ0n) is 12.4. The average molecular weight is 246 g/mol. The Bertz CT molecular complexity index is 178. The predicted molar refractivity (Wildman–Crippen MR) is 72.5 cm³/mol. The summed E-state index contributed by atoms with van der Waals surface area (Å²) in [6.07, 6.45) is 0. The van der Waals surface area contributed by atoms with E-state index in [2.05, 4.69) is 31.0 Å². The molecule has 0 aliphatic carbocycles. The van der Waals surface area contributed by atoms with Crippen molar-refractivity contribution in [1.29, 1.82) is 0 Å². The van der Waals surface area contributed by atoms with Gasteiger partial charge in [-0.1, -0.05) is 13.8 Å². The molecule has 104 valence electrons. The molecule has 0 aliphatic rings. The molecule has 0 amide bonds. The first-order valence-electron chi connectivity index (χ1n) is 6.35. The smallest absolute Gasteiger partial charge is 0.0589 e. The maximum Gasteiger partial charge on any atom is 0.0589 e. The van der Waals surface area contributed by atoms with Crippen LogP contribution in [0.15, 0.2) is 0 Å². The van der Waals surface area contributed by atoms with Crippen LogP contribution in [0.1, 0.15) is 20.8 Å². The van der Waals surface area contributed by atoms with E-state index < -0.39 is 0 Å². The molecule has 1 unspecified atom stereocenters. The number of hydrogen-bond donors (Lipinski definition) is 1. The van der Waals surface area contributed by atoms with Gasteiger partial charge in [-0.05, 0) is 19.4 Å².